The summed E-state index contributed by atoms with van der Waals surface area (Å²) in [7, 11) is -3.89. The molecule has 2 N–H and O–H groups in total. The van der Waals surface area contributed by atoms with E-state index in [0.717, 1.165) is 41.7 Å². The summed E-state index contributed by atoms with van der Waals surface area (Å²) in [6, 6.07) is 13.6. The quantitative estimate of drug-likeness (QED) is 0.568. The van der Waals surface area contributed by atoms with Crippen molar-refractivity contribution in [2.45, 2.75) is 30.8 Å². The summed E-state index contributed by atoms with van der Waals surface area (Å²) < 4.78 is 41.9. The lowest BCUT2D eigenvalue weighted by Gasteiger charge is -2.14. The summed E-state index contributed by atoms with van der Waals surface area (Å²) in [5.41, 5.74) is 1.13. The first kappa shape index (κ1) is 20.0. The summed E-state index contributed by atoms with van der Waals surface area (Å²) in [6.07, 6.45) is 2.72. The number of nitrogens with zero attached hydrogens (tertiary/aromatic N) is 1. The molecule has 0 fully saturated rings. The van der Waals surface area contributed by atoms with Crippen LogP contribution in [0.5, 0.6) is 0 Å². The molecule has 0 aliphatic heterocycles. The Morgan fingerprint density at radius 1 is 1.11 bits per heavy atom. The topological polar surface area (TPSA) is 80.2 Å². The molecule has 1 aromatic heterocycles. The predicted octanol–water partition coefficient (Wildman–Crippen LogP) is 2.65. The summed E-state index contributed by atoms with van der Waals surface area (Å²) in [6.45, 7) is 2.63. The highest BCUT2D eigenvalue weighted by Gasteiger charge is 2.21. The lowest BCUT2D eigenvalue weighted by Crippen LogP contribution is -2.45. The number of amides is 1. The van der Waals surface area contributed by atoms with Crippen LogP contribution in [0.2, 0.25) is 0 Å². The number of rotatable bonds is 8. The molecule has 148 valence electrons. The van der Waals surface area contributed by atoms with E-state index in [-0.39, 0.29) is 4.90 Å². The van der Waals surface area contributed by atoms with Gasteiger partial charge in [0.2, 0.25) is 15.9 Å². The second-order valence-corrected chi connectivity index (χ2v) is 8.22. The third kappa shape index (κ3) is 4.76. The highest BCUT2D eigenvalue weighted by molar-refractivity contribution is 7.89. The largest absolute Gasteiger partial charge is 0.355 e. The summed E-state index contributed by atoms with van der Waals surface area (Å²) in [5.74, 6) is -0.941. The molecule has 0 saturated carbocycles. The summed E-state index contributed by atoms with van der Waals surface area (Å²) >= 11 is 0. The SMILES string of the molecule is C[C@@H](NS(=O)(=O)c1ccc(F)cc1)C(=O)NCCCn1ccc2ccccc21. The zero-order valence-electron chi connectivity index (χ0n) is 15.4. The van der Waals surface area contributed by atoms with Crippen molar-refractivity contribution in [3.05, 3.63) is 66.6 Å². The molecule has 0 unspecified atom stereocenters. The lowest BCUT2D eigenvalue weighted by molar-refractivity contribution is -0.122. The van der Waals surface area contributed by atoms with Crippen molar-refractivity contribution < 1.29 is 17.6 Å². The van der Waals surface area contributed by atoms with Gasteiger partial charge in [-0.3, -0.25) is 4.79 Å². The van der Waals surface area contributed by atoms with E-state index in [0.29, 0.717) is 13.0 Å². The molecule has 28 heavy (non-hydrogen) atoms. The van der Waals surface area contributed by atoms with Crippen molar-refractivity contribution in [2.24, 2.45) is 0 Å². The van der Waals surface area contributed by atoms with Crippen LogP contribution in [0.3, 0.4) is 0 Å². The molecule has 6 nitrogen and oxygen atoms in total. The Bertz CT molecular complexity index is 1060. The number of carbonyl (C=O) groups is 1. The van der Waals surface area contributed by atoms with Crippen molar-refractivity contribution in [3.8, 4) is 0 Å². The lowest BCUT2D eigenvalue weighted by atomic mass is 10.2. The van der Waals surface area contributed by atoms with Gasteiger partial charge in [-0.1, -0.05) is 18.2 Å². The van der Waals surface area contributed by atoms with Crippen LogP contribution in [-0.2, 0) is 21.4 Å². The van der Waals surface area contributed by atoms with Crippen LogP contribution in [0.4, 0.5) is 4.39 Å². The minimum atomic E-state index is -3.89. The van der Waals surface area contributed by atoms with E-state index in [1.165, 1.54) is 6.92 Å². The monoisotopic (exact) mass is 403 g/mol. The van der Waals surface area contributed by atoms with Crippen molar-refractivity contribution in [1.82, 2.24) is 14.6 Å². The Morgan fingerprint density at radius 2 is 1.82 bits per heavy atom. The van der Waals surface area contributed by atoms with E-state index < -0.39 is 27.8 Å². The molecule has 0 aliphatic carbocycles. The number of aromatic nitrogens is 1. The van der Waals surface area contributed by atoms with Gasteiger partial charge in [0.15, 0.2) is 0 Å². The van der Waals surface area contributed by atoms with Crippen LogP contribution in [-0.4, -0.2) is 31.5 Å². The fourth-order valence-corrected chi connectivity index (χ4v) is 4.12. The number of halogens is 1. The zero-order valence-corrected chi connectivity index (χ0v) is 16.2. The number of sulfonamides is 1. The van der Waals surface area contributed by atoms with Crippen LogP contribution < -0.4 is 10.0 Å². The van der Waals surface area contributed by atoms with Crippen LogP contribution in [0.1, 0.15) is 13.3 Å². The van der Waals surface area contributed by atoms with Gasteiger partial charge in [-0.05, 0) is 55.1 Å². The summed E-state index contributed by atoms with van der Waals surface area (Å²) in [5, 5.41) is 3.90. The molecule has 3 rings (SSSR count). The molecule has 2 aromatic carbocycles. The number of carbonyl (C=O) groups excluding carboxylic acids is 1. The molecule has 8 heteroatoms. The molecule has 0 radical (unpaired) electrons. The zero-order chi connectivity index (χ0) is 20.1. The Morgan fingerprint density at radius 3 is 2.57 bits per heavy atom. The van der Waals surface area contributed by atoms with Gasteiger partial charge in [-0.15, -0.1) is 0 Å². The van der Waals surface area contributed by atoms with E-state index in [4.69, 9.17) is 0 Å². The first-order valence-electron chi connectivity index (χ1n) is 8.96. The molecule has 0 saturated heterocycles. The fourth-order valence-electron chi connectivity index (χ4n) is 2.92. The molecule has 1 heterocycles. The van der Waals surface area contributed by atoms with E-state index in [1.54, 1.807) is 0 Å². The highest BCUT2D eigenvalue weighted by Crippen LogP contribution is 2.15. The molecule has 1 atom stereocenters. The minimum absolute atomic E-state index is 0.0898. The van der Waals surface area contributed by atoms with Gasteiger partial charge in [0, 0.05) is 24.8 Å². The van der Waals surface area contributed by atoms with Gasteiger partial charge in [0.1, 0.15) is 5.82 Å². The molecule has 0 bridgehead atoms. The third-order valence-corrected chi connectivity index (χ3v) is 5.96. The van der Waals surface area contributed by atoms with Crippen molar-refractivity contribution in [1.29, 1.82) is 0 Å². The van der Waals surface area contributed by atoms with Crippen LogP contribution >= 0.6 is 0 Å². The Balaban J connectivity index is 1.48. The molecule has 0 spiro atoms. The molecule has 3 aromatic rings. The van der Waals surface area contributed by atoms with E-state index in [2.05, 4.69) is 14.6 Å². The van der Waals surface area contributed by atoms with Gasteiger partial charge in [-0.2, -0.15) is 4.72 Å². The molecule has 1 amide bonds. The maximum Gasteiger partial charge on any atom is 0.241 e. The third-order valence-electron chi connectivity index (χ3n) is 4.40. The van der Waals surface area contributed by atoms with Crippen molar-refractivity contribution >= 4 is 26.8 Å². The normalized spacial score (nSPS) is 12.8. The van der Waals surface area contributed by atoms with Crippen LogP contribution in [0.15, 0.2) is 65.7 Å². The number of hydrogen-bond acceptors (Lipinski definition) is 3. The van der Waals surface area contributed by atoms with E-state index in [9.17, 15) is 17.6 Å². The molecular formula is C20H22FN3O3S. The second kappa shape index (κ2) is 8.53. The Kier molecular flexibility index (Phi) is 6.11. The van der Waals surface area contributed by atoms with Gasteiger partial charge in [0.05, 0.1) is 10.9 Å². The predicted molar refractivity (Wildman–Crippen MR) is 106 cm³/mol. The average Bonchev–Trinajstić information content (AvgIpc) is 3.08. The Hall–Kier alpha value is -2.71. The number of hydrogen-bond donors (Lipinski definition) is 2. The number of para-hydroxylation sites is 1. The molecule has 0 aliphatic rings. The molecular weight excluding hydrogens is 381 g/mol. The number of nitrogens with one attached hydrogen (secondary N) is 2. The smallest absolute Gasteiger partial charge is 0.241 e. The Labute approximate surface area is 163 Å². The first-order valence-corrected chi connectivity index (χ1v) is 10.4. The van der Waals surface area contributed by atoms with E-state index in [1.807, 2.05) is 36.5 Å². The van der Waals surface area contributed by atoms with Crippen LogP contribution in [0.25, 0.3) is 10.9 Å². The number of benzene rings is 2. The standard InChI is InChI=1S/C20H22FN3O3S/c1-15(23-28(26,27)18-9-7-17(21)8-10-18)20(25)22-12-4-13-24-14-11-16-5-2-3-6-19(16)24/h2-3,5-11,14-15,23H,4,12-13H2,1H3,(H,22,25)/t15-/m1/s1. The average molecular weight is 403 g/mol. The van der Waals surface area contributed by atoms with Gasteiger partial charge < -0.3 is 9.88 Å². The van der Waals surface area contributed by atoms with Crippen molar-refractivity contribution in [2.75, 3.05) is 6.54 Å². The maximum absolute atomic E-state index is 12.9. The highest BCUT2D eigenvalue weighted by atomic mass is 32.2. The second-order valence-electron chi connectivity index (χ2n) is 6.51. The van der Waals surface area contributed by atoms with E-state index >= 15 is 0 Å². The number of fused-ring (bicyclic) bond motifs is 1. The van der Waals surface area contributed by atoms with Crippen LogP contribution in [0, 0.1) is 5.82 Å². The maximum atomic E-state index is 12.9. The van der Waals surface area contributed by atoms with Gasteiger partial charge in [0.25, 0.3) is 0 Å². The summed E-state index contributed by atoms with van der Waals surface area (Å²) in [4.78, 5) is 12.1. The fraction of sp³-hybridized carbons (Fsp3) is 0.250. The minimum Gasteiger partial charge on any atom is -0.355 e. The van der Waals surface area contributed by atoms with Gasteiger partial charge >= 0.3 is 0 Å². The first-order chi connectivity index (χ1) is 13.4. The van der Waals surface area contributed by atoms with Crippen molar-refractivity contribution in [3.63, 3.8) is 0 Å². The number of aryl methyl sites for hydroxylation is 1. The van der Waals surface area contributed by atoms with Gasteiger partial charge in [-0.25, -0.2) is 12.8 Å².